The topological polar surface area (TPSA) is 67.6 Å². The van der Waals surface area contributed by atoms with Crippen molar-refractivity contribution in [2.75, 3.05) is 7.11 Å². The zero-order valence-electron chi connectivity index (χ0n) is 17.3. The summed E-state index contributed by atoms with van der Waals surface area (Å²) in [5, 5.41) is 7.20. The number of nitrogens with zero attached hydrogens (tertiary/aromatic N) is 2. The Kier molecular flexibility index (Phi) is 6.22. The Morgan fingerprint density at radius 2 is 1.83 bits per heavy atom. The molecule has 0 saturated carbocycles. The average molecular weight is 393 g/mol. The molecule has 29 heavy (non-hydrogen) atoms. The van der Waals surface area contributed by atoms with Crippen LogP contribution in [0.2, 0.25) is 0 Å². The molecule has 1 N–H and O–H groups in total. The van der Waals surface area contributed by atoms with Crippen molar-refractivity contribution < 1.29 is 14.1 Å². The number of rotatable bonds is 6. The number of hydrogen-bond donors (Lipinski definition) is 1. The van der Waals surface area contributed by atoms with Crippen LogP contribution in [0.4, 0.5) is 4.79 Å². The van der Waals surface area contributed by atoms with Crippen LogP contribution in [0.15, 0.2) is 65.2 Å². The Morgan fingerprint density at radius 1 is 1.07 bits per heavy atom. The zero-order chi connectivity index (χ0) is 20.9. The molecule has 0 aliphatic heterocycles. The van der Waals surface area contributed by atoms with Gasteiger partial charge in [-0.3, -0.25) is 0 Å². The molecule has 0 spiro atoms. The summed E-state index contributed by atoms with van der Waals surface area (Å²) in [4.78, 5) is 14.6. The van der Waals surface area contributed by atoms with Crippen LogP contribution in [-0.2, 0) is 13.1 Å². The number of carbonyl (C=O) groups is 1. The number of urea groups is 1. The molecule has 0 unspecified atom stereocenters. The van der Waals surface area contributed by atoms with Crippen molar-refractivity contribution in [2.24, 2.45) is 0 Å². The van der Waals surface area contributed by atoms with Gasteiger partial charge in [-0.05, 0) is 38.5 Å². The first kappa shape index (κ1) is 20.5. The maximum atomic E-state index is 12.9. The first-order valence-corrected chi connectivity index (χ1v) is 9.55. The van der Waals surface area contributed by atoms with Crippen molar-refractivity contribution in [2.45, 2.75) is 39.4 Å². The maximum absolute atomic E-state index is 12.9. The standard InChI is InChI=1S/C23H27N3O3/c1-23(2,3)24-22(27)26(15-17-9-6-5-7-10-17)16-19-14-21(29-25-19)18-11-8-12-20(13-18)28-4/h5-14H,15-16H2,1-4H3,(H,24,27). The van der Waals surface area contributed by atoms with Gasteiger partial charge in [-0.25, -0.2) is 4.79 Å². The first-order valence-electron chi connectivity index (χ1n) is 9.55. The number of hydrogen-bond acceptors (Lipinski definition) is 4. The number of methoxy groups -OCH3 is 1. The molecule has 0 bridgehead atoms. The van der Waals surface area contributed by atoms with Crippen LogP contribution in [0.3, 0.4) is 0 Å². The Hall–Kier alpha value is -3.28. The fourth-order valence-electron chi connectivity index (χ4n) is 2.90. The van der Waals surface area contributed by atoms with E-state index in [1.807, 2.05) is 81.4 Å². The minimum absolute atomic E-state index is 0.146. The van der Waals surface area contributed by atoms with Gasteiger partial charge in [-0.1, -0.05) is 47.6 Å². The Labute approximate surface area is 171 Å². The number of amides is 2. The molecule has 0 aliphatic rings. The van der Waals surface area contributed by atoms with E-state index in [1.54, 1.807) is 12.0 Å². The molecule has 0 aliphatic carbocycles. The molecular weight excluding hydrogens is 366 g/mol. The number of carbonyl (C=O) groups excluding carboxylic acids is 1. The average Bonchev–Trinajstić information content (AvgIpc) is 3.16. The molecule has 3 aromatic rings. The molecule has 152 valence electrons. The summed E-state index contributed by atoms with van der Waals surface area (Å²) < 4.78 is 10.8. The third kappa shape index (κ3) is 5.85. The van der Waals surface area contributed by atoms with Gasteiger partial charge in [0.25, 0.3) is 0 Å². The smallest absolute Gasteiger partial charge is 0.318 e. The van der Waals surface area contributed by atoms with E-state index >= 15 is 0 Å². The zero-order valence-corrected chi connectivity index (χ0v) is 17.3. The third-order valence-corrected chi connectivity index (χ3v) is 4.25. The van der Waals surface area contributed by atoms with E-state index in [1.165, 1.54) is 0 Å². The van der Waals surface area contributed by atoms with E-state index in [4.69, 9.17) is 9.26 Å². The highest BCUT2D eigenvalue weighted by Crippen LogP contribution is 2.25. The van der Waals surface area contributed by atoms with Crippen LogP contribution in [0.5, 0.6) is 5.75 Å². The lowest BCUT2D eigenvalue weighted by molar-refractivity contribution is 0.181. The van der Waals surface area contributed by atoms with E-state index in [-0.39, 0.29) is 11.6 Å². The molecule has 0 radical (unpaired) electrons. The molecule has 2 amide bonds. The minimum Gasteiger partial charge on any atom is -0.497 e. The van der Waals surface area contributed by atoms with Crippen molar-refractivity contribution in [3.05, 3.63) is 71.9 Å². The minimum atomic E-state index is -0.332. The Morgan fingerprint density at radius 3 is 2.52 bits per heavy atom. The Balaban J connectivity index is 1.80. The van der Waals surface area contributed by atoms with E-state index in [2.05, 4.69) is 10.5 Å². The van der Waals surface area contributed by atoms with Crippen molar-refractivity contribution in [1.29, 1.82) is 0 Å². The van der Waals surface area contributed by atoms with E-state index in [9.17, 15) is 4.79 Å². The van der Waals surface area contributed by atoms with Crippen LogP contribution in [-0.4, -0.2) is 28.7 Å². The number of nitrogens with one attached hydrogen (secondary N) is 1. The molecule has 0 saturated heterocycles. The monoisotopic (exact) mass is 393 g/mol. The van der Waals surface area contributed by atoms with Gasteiger partial charge in [0.2, 0.25) is 0 Å². The van der Waals surface area contributed by atoms with Crippen molar-refractivity contribution >= 4 is 6.03 Å². The molecule has 0 fully saturated rings. The van der Waals surface area contributed by atoms with E-state index in [0.717, 1.165) is 16.9 Å². The van der Waals surface area contributed by atoms with Crippen molar-refractivity contribution in [3.8, 4) is 17.1 Å². The molecule has 0 atom stereocenters. The summed E-state index contributed by atoms with van der Waals surface area (Å²) in [6.07, 6.45) is 0. The summed E-state index contributed by atoms with van der Waals surface area (Å²) in [5.74, 6) is 1.38. The summed E-state index contributed by atoms with van der Waals surface area (Å²) in [6, 6.07) is 19.2. The van der Waals surface area contributed by atoms with Crippen LogP contribution >= 0.6 is 0 Å². The number of benzene rings is 2. The maximum Gasteiger partial charge on any atom is 0.318 e. The van der Waals surface area contributed by atoms with Crippen molar-refractivity contribution in [1.82, 2.24) is 15.4 Å². The second kappa shape index (κ2) is 8.82. The van der Waals surface area contributed by atoms with Crippen LogP contribution in [0.1, 0.15) is 32.0 Å². The highest BCUT2D eigenvalue weighted by atomic mass is 16.5. The molecule has 1 heterocycles. The van der Waals surface area contributed by atoms with Gasteiger partial charge in [-0.2, -0.15) is 0 Å². The van der Waals surface area contributed by atoms with Crippen molar-refractivity contribution in [3.63, 3.8) is 0 Å². The van der Waals surface area contributed by atoms with Gasteiger partial charge in [-0.15, -0.1) is 0 Å². The molecule has 6 nitrogen and oxygen atoms in total. The van der Waals surface area contributed by atoms with Gasteiger partial charge < -0.3 is 19.5 Å². The van der Waals surface area contributed by atoms with Crippen LogP contribution in [0.25, 0.3) is 11.3 Å². The molecule has 1 aromatic heterocycles. The van der Waals surface area contributed by atoms with Crippen LogP contribution < -0.4 is 10.1 Å². The fraction of sp³-hybridized carbons (Fsp3) is 0.304. The third-order valence-electron chi connectivity index (χ3n) is 4.25. The molecular formula is C23H27N3O3. The van der Waals surface area contributed by atoms with Gasteiger partial charge >= 0.3 is 6.03 Å². The number of aromatic nitrogens is 1. The predicted octanol–water partition coefficient (Wildman–Crippen LogP) is 4.86. The highest BCUT2D eigenvalue weighted by molar-refractivity contribution is 5.75. The lowest BCUT2D eigenvalue weighted by Gasteiger charge is -2.28. The van der Waals surface area contributed by atoms with Gasteiger partial charge in [0.05, 0.1) is 13.7 Å². The summed E-state index contributed by atoms with van der Waals surface area (Å²) in [5.41, 5.74) is 2.27. The molecule has 3 rings (SSSR count). The first-order chi connectivity index (χ1) is 13.8. The lowest BCUT2D eigenvalue weighted by atomic mass is 10.1. The van der Waals surface area contributed by atoms with E-state index in [0.29, 0.717) is 24.5 Å². The molecule has 2 aromatic carbocycles. The quantitative estimate of drug-likeness (QED) is 0.649. The second-order valence-electron chi connectivity index (χ2n) is 7.94. The lowest BCUT2D eigenvalue weighted by Crippen LogP contribution is -2.48. The fourth-order valence-corrected chi connectivity index (χ4v) is 2.90. The SMILES string of the molecule is COc1cccc(-c2cc(CN(Cc3ccccc3)C(=O)NC(C)(C)C)no2)c1. The Bertz CT molecular complexity index is 945. The second-order valence-corrected chi connectivity index (χ2v) is 7.94. The molecule has 6 heteroatoms. The van der Waals surface area contributed by atoms with Crippen LogP contribution in [0, 0.1) is 0 Å². The van der Waals surface area contributed by atoms with Gasteiger partial charge in [0.15, 0.2) is 5.76 Å². The largest absolute Gasteiger partial charge is 0.497 e. The normalized spacial score (nSPS) is 11.2. The van der Waals surface area contributed by atoms with E-state index < -0.39 is 0 Å². The summed E-state index contributed by atoms with van der Waals surface area (Å²) >= 11 is 0. The summed E-state index contributed by atoms with van der Waals surface area (Å²) in [6.45, 7) is 6.70. The van der Waals surface area contributed by atoms with Gasteiger partial charge in [0.1, 0.15) is 11.4 Å². The number of ether oxygens (including phenoxy) is 1. The summed E-state index contributed by atoms with van der Waals surface area (Å²) in [7, 11) is 1.63. The highest BCUT2D eigenvalue weighted by Gasteiger charge is 2.21. The predicted molar refractivity (Wildman–Crippen MR) is 112 cm³/mol. The van der Waals surface area contributed by atoms with Gasteiger partial charge in [0, 0.05) is 23.7 Å².